The Morgan fingerprint density at radius 1 is 1.38 bits per heavy atom. The number of halogens is 1. The third kappa shape index (κ3) is 3.36. The summed E-state index contributed by atoms with van der Waals surface area (Å²) in [5.74, 6) is 0.814. The van der Waals surface area contributed by atoms with Crippen LogP contribution in [0.2, 0.25) is 0 Å². The summed E-state index contributed by atoms with van der Waals surface area (Å²) in [6.45, 7) is 3.90. The molecule has 0 saturated heterocycles. The number of anilines is 1. The molecule has 3 N–H and O–H groups in total. The summed E-state index contributed by atoms with van der Waals surface area (Å²) in [7, 11) is 1.64. The van der Waals surface area contributed by atoms with Crippen LogP contribution in [0.1, 0.15) is 28.5 Å². The highest BCUT2D eigenvalue weighted by Crippen LogP contribution is 2.30. The van der Waals surface area contributed by atoms with Crippen molar-refractivity contribution in [3.63, 3.8) is 0 Å². The van der Waals surface area contributed by atoms with E-state index < -0.39 is 6.10 Å². The van der Waals surface area contributed by atoms with Crippen molar-refractivity contribution in [2.75, 3.05) is 12.8 Å². The fraction of sp³-hybridized carbons (Fsp3) is 0.312. The van der Waals surface area contributed by atoms with Gasteiger partial charge in [-0.05, 0) is 32.0 Å². The van der Waals surface area contributed by atoms with Gasteiger partial charge in [0.2, 0.25) is 0 Å². The fourth-order valence-electron chi connectivity index (χ4n) is 2.40. The Labute approximate surface area is 133 Å². The number of aliphatic hydroxyl groups is 1. The number of methoxy groups -OCH3 is 1. The Balaban J connectivity index is 2.32. The number of benzene rings is 1. The van der Waals surface area contributed by atoms with Gasteiger partial charge in [0.25, 0.3) is 0 Å². The molecular formula is C16H19BrN2O2. The highest BCUT2D eigenvalue weighted by atomic mass is 79.9. The van der Waals surface area contributed by atoms with Crippen LogP contribution in [0.25, 0.3) is 0 Å². The van der Waals surface area contributed by atoms with Crippen LogP contribution in [0.4, 0.5) is 5.69 Å². The predicted molar refractivity (Wildman–Crippen MR) is 87.5 cm³/mol. The number of aliphatic hydroxyl groups excluding tert-OH is 1. The molecule has 0 radical (unpaired) electrons. The van der Waals surface area contributed by atoms with Crippen LogP contribution in [-0.2, 0) is 6.42 Å². The highest BCUT2D eigenvalue weighted by Gasteiger charge is 2.17. The average Bonchev–Trinajstić information content (AvgIpc) is 2.45. The minimum absolute atomic E-state index is 0.392. The van der Waals surface area contributed by atoms with E-state index in [9.17, 15) is 5.11 Å². The molecular weight excluding hydrogens is 332 g/mol. The molecule has 0 spiro atoms. The number of nitrogens with two attached hydrogens (primary N) is 1. The molecule has 4 nitrogen and oxygen atoms in total. The van der Waals surface area contributed by atoms with Crippen LogP contribution in [0.15, 0.2) is 28.9 Å². The third-order valence-corrected chi connectivity index (χ3v) is 4.04. The average molecular weight is 351 g/mol. The lowest BCUT2D eigenvalue weighted by Crippen LogP contribution is -2.09. The first-order chi connectivity index (χ1) is 9.93. The monoisotopic (exact) mass is 350 g/mol. The Hall–Kier alpha value is -1.59. The lowest BCUT2D eigenvalue weighted by atomic mass is 10.00. The lowest BCUT2D eigenvalue weighted by molar-refractivity contribution is 0.177. The zero-order chi connectivity index (χ0) is 15.6. The SMILES string of the molecule is COc1c(C)cnc(CC(O)c2cc(Br)ccc2N)c1C. The molecule has 0 aliphatic rings. The van der Waals surface area contributed by atoms with Crippen molar-refractivity contribution in [3.05, 3.63) is 51.3 Å². The molecule has 0 aliphatic heterocycles. The summed E-state index contributed by atoms with van der Waals surface area (Å²) in [5, 5.41) is 10.5. The van der Waals surface area contributed by atoms with Gasteiger partial charge in [-0.2, -0.15) is 0 Å². The van der Waals surface area contributed by atoms with Gasteiger partial charge < -0.3 is 15.6 Å². The second-order valence-corrected chi connectivity index (χ2v) is 5.95. The predicted octanol–water partition coefficient (Wildman–Crippen LogP) is 3.33. The van der Waals surface area contributed by atoms with Crippen LogP contribution >= 0.6 is 15.9 Å². The molecule has 1 unspecified atom stereocenters. The minimum Gasteiger partial charge on any atom is -0.496 e. The van der Waals surface area contributed by atoms with Crippen LogP contribution < -0.4 is 10.5 Å². The van der Waals surface area contributed by atoms with Crippen molar-refractivity contribution in [1.82, 2.24) is 4.98 Å². The minimum atomic E-state index is -0.707. The summed E-state index contributed by atoms with van der Waals surface area (Å²) in [6, 6.07) is 5.46. The molecule has 112 valence electrons. The van der Waals surface area contributed by atoms with E-state index >= 15 is 0 Å². The molecule has 1 heterocycles. The van der Waals surface area contributed by atoms with Gasteiger partial charge in [-0.1, -0.05) is 15.9 Å². The van der Waals surface area contributed by atoms with E-state index in [-0.39, 0.29) is 0 Å². The first-order valence-electron chi connectivity index (χ1n) is 6.66. The van der Waals surface area contributed by atoms with Crippen molar-refractivity contribution in [2.45, 2.75) is 26.4 Å². The smallest absolute Gasteiger partial charge is 0.128 e. The maximum atomic E-state index is 10.5. The molecule has 2 rings (SSSR count). The van der Waals surface area contributed by atoms with Crippen molar-refractivity contribution >= 4 is 21.6 Å². The zero-order valence-corrected chi connectivity index (χ0v) is 13.9. The molecule has 2 aromatic rings. The molecule has 0 aliphatic carbocycles. The maximum absolute atomic E-state index is 10.5. The third-order valence-electron chi connectivity index (χ3n) is 3.54. The Kier molecular flexibility index (Phi) is 4.85. The quantitative estimate of drug-likeness (QED) is 0.829. The number of pyridine rings is 1. The first-order valence-corrected chi connectivity index (χ1v) is 7.45. The van der Waals surface area contributed by atoms with Crippen molar-refractivity contribution < 1.29 is 9.84 Å². The Morgan fingerprint density at radius 3 is 2.76 bits per heavy atom. The molecule has 0 fully saturated rings. The van der Waals surface area contributed by atoms with E-state index in [1.54, 1.807) is 19.4 Å². The van der Waals surface area contributed by atoms with E-state index in [0.29, 0.717) is 17.7 Å². The number of aryl methyl sites for hydroxylation is 1. The van der Waals surface area contributed by atoms with Crippen LogP contribution in [-0.4, -0.2) is 17.2 Å². The summed E-state index contributed by atoms with van der Waals surface area (Å²) in [6.07, 6.45) is 1.45. The molecule has 0 bridgehead atoms. The number of rotatable bonds is 4. The zero-order valence-electron chi connectivity index (χ0n) is 12.4. The van der Waals surface area contributed by atoms with Gasteiger partial charge in [-0.3, -0.25) is 4.98 Å². The van der Waals surface area contributed by atoms with Gasteiger partial charge in [-0.25, -0.2) is 0 Å². The summed E-state index contributed by atoms with van der Waals surface area (Å²) in [5.41, 5.74) is 9.95. The first kappa shape index (κ1) is 15.8. The van der Waals surface area contributed by atoms with Gasteiger partial charge >= 0.3 is 0 Å². The number of nitrogen functional groups attached to an aromatic ring is 1. The Bertz CT molecular complexity index is 659. The van der Waals surface area contributed by atoms with E-state index in [0.717, 1.165) is 27.0 Å². The van der Waals surface area contributed by atoms with Gasteiger partial charge in [0, 0.05) is 45.2 Å². The largest absolute Gasteiger partial charge is 0.496 e. The summed E-state index contributed by atoms with van der Waals surface area (Å²) < 4.78 is 6.28. The number of hydrogen-bond donors (Lipinski definition) is 2. The topological polar surface area (TPSA) is 68.4 Å². The molecule has 1 aromatic heterocycles. The van der Waals surface area contributed by atoms with E-state index in [1.165, 1.54) is 0 Å². The van der Waals surface area contributed by atoms with E-state index in [2.05, 4.69) is 20.9 Å². The summed E-state index contributed by atoms with van der Waals surface area (Å²) in [4.78, 5) is 4.41. The molecule has 5 heteroatoms. The maximum Gasteiger partial charge on any atom is 0.128 e. The van der Waals surface area contributed by atoms with Crippen LogP contribution in [0.5, 0.6) is 5.75 Å². The summed E-state index contributed by atoms with van der Waals surface area (Å²) >= 11 is 3.39. The molecule has 0 amide bonds. The normalized spacial score (nSPS) is 12.2. The van der Waals surface area contributed by atoms with Crippen LogP contribution in [0, 0.1) is 13.8 Å². The van der Waals surface area contributed by atoms with Crippen LogP contribution in [0.3, 0.4) is 0 Å². The van der Waals surface area contributed by atoms with E-state index in [1.807, 2.05) is 26.0 Å². The van der Waals surface area contributed by atoms with E-state index in [4.69, 9.17) is 10.5 Å². The standard InChI is InChI=1S/C16H19BrN2O2/c1-9-8-19-14(10(2)16(9)21-3)7-15(20)12-6-11(17)4-5-13(12)18/h4-6,8,15,20H,7,18H2,1-3H3. The second-order valence-electron chi connectivity index (χ2n) is 5.04. The number of hydrogen-bond acceptors (Lipinski definition) is 4. The molecule has 21 heavy (non-hydrogen) atoms. The molecule has 0 saturated carbocycles. The van der Waals surface area contributed by atoms with Crippen molar-refractivity contribution in [3.8, 4) is 5.75 Å². The van der Waals surface area contributed by atoms with Gasteiger partial charge in [0.1, 0.15) is 5.75 Å². The van der Waals surface area contributed by atoms with Gasteiger partial charge in [0.05, 0.1) is 13.2 Å². The highest BCUT2D eigenvalue weighted by molar-refractivity contribution is 9.10. The van der Waals surface area contributed by atoms with Gasteiger partial charge in [-0.15, -0.1) is 0 Å². The number of nitrogens with zero attached hydrogens (tertiary/aromatic N) is 1. The lowest BCUT2D eigenvalue weighted by Gasteiger charge is -2.17. The molecule has 1 atom stereocenters. The van der Waals surface area contributed by atoms with Gasteiger partial charge in [0.15, 0.2) is 0 Å². The van der Waals surface area contributed by atoms with Crippen molar-refractivity contribution in [1.29, 1.82) is 0 Å². The second kappa shape index (κ2) is 6.45. The molecule has 1 aromatic carbocycles. The van der Waals surface area contributed by atoms with Crippen molar-refractivity contribution in [2.24, 2.45) is 0 Å². The Morgan fingerprint density at radius 2 is 2.10 bits per heavy atom. The number of ether oxygens (including phenoxy) is 1. The number of aromatic nitrogens is 1. The fourth-order valence-corrected chi connectivity index (χ4v) is 2.78.